The van der Waals surface area contributed by atoms with Crippen LogP contribution in [0.25, 0.3) is 11.1 Å². The van der Waals surface area contributed by atoms with Gasteiger partial charge in [-0.25, -0.2) is 8.78 Å². The Balaban J connectivity index is 1.18. The fourth-order valence-corrected chi connectivity index (χ4v) is 9.29. The summed E-state index contributed by atoms with van der Waals surface area (Å²) in [7, 11) is -4.87. The Bertz CT molecular complexity index is 2300. The van der Waals surface area contributed by atoms with Gasteiger partial charge < -0.3 is 69.3 Å². The molecule has 0 radical (unpaired) electrons. The molecular weight excluding hydrogens is 857 g/mol. The number of halogens is 2. The van der Waals surface area contributed by atoms with Crippen LogP contribution in [0.2, 0.25) is 0 Å². The number of β-lactam (4-membered cyclic amide) rings is 1. The third-order valence-corrected chi connectivity index (χ3v) is 12.7. The van der Waals surface area contributed by atoms with Gasteiger partial charge >= 0.3 is 10.1 Å². The van der Waals surface area contributed by atoms with Crippen LogP contribution in [0, 0.1) is 17.6 Å². The minimum absolute atomic E-state index is 0.0300. The highest BCUT2D eigenvalue weighted by Crippen LogP contribution is 2.50. The summed E-state index contributed by atoms with van der Waals surface area (Å²) in [6.45, 7) is -1.73. The van der Waals surface area contributed by atoms with Crippen molar-refractivity contribution in [2.45, 2.75) is 86.2 Å². The van der Waals surface area contributed by atoms with E-state index < -0.39 is 126 Å². The number of nitrogens with zero attached hydrogens (tertiary/aromatic N) is 1. The molecule has 4 aromatic carbocycles. The van der Waals surface area contributed by atoms with E-state index in [0.717, 1.165) is 12.1 Å². The number of aliphatic hydroxyl groups is 8. The van der Waals surface area contributed by atoms with Gasteiger partial charge in [0.1, 0.15) is 83.8 Å². The largest absolute Gasteiger partial charge is 0.508 e. The molecule has 9 N–H and O–H groups in total. The van der Waals surface area contributed by atoms with Crippen molar-refractivity contribution in [1.82, 2.24) is 0 Å². The van der Waals surface area contributed by atoms with Crippen LogP contribution in [-0.2, 0) is 29.1 Å². The van der Waals surface area contributed by atoms with Gasteiger partial charge in [0, 0.05) is 11.3 Å². The molecule has 17 nitrogen and oxygen atoms in total. The van der Waals surface area contributed by atoms with Crippen LogP contribution in [0.4, 0.5) is 14.5 Å². The summed E-state index contributed by atoms with van der Waals surface area (Å²) >= 11 is 0. The van der Waals surface area contributed by atoms with E-state index in [1.807, 2.05) is 0 Å². The molecule has 0 aliphatic carbocycles. The van der Waals surface area contributed by atoms with E-state index >= 15 is 0 Å². The van der Waals surface area contributed by atoms with Gasteiger partial charge in [-0.3, -0.25) is 4.79 Å². The lowest BCUT2D eigenvalue weighted by Crippen LogP contribution is -2.65. The van der Waals surface area contributed by atoms with E-state index in [-0.39, 0.29) is 35.6 Å². The Labute approximate surface area is 359 Å². The monoisotopic (exact) mass is 903 g/mol. The first-order valence-corrected chi connectivity index (χ1v) is 21.5. The molecule has 13 atom stereocenters. The number of phenols is 1. The Kier molecular flexibility index (Phi) is 14.1. The Morgan fingerprint density at radius 2 is 1.32 bits per heavy atom. The molecule has 63 heavy (non-hydrogen) atoms. The quantitative estimate of drug-likeness (QED) is 0.0593. The van der Waals surface area contributed by atoms with E-state index in [0.29, 0.717) is 16.7 Å². The third-order valence-electron chi connectivity index (χ3n) is 11.5. The highest BCUT2D eigenvalue weighted by atomic mass is 32.2. The molecule has 4 aromatic rings. The van der Waals surface area contributed by atoms with E-state index in [1.165, 1.54) is 65.6 Å². The molecular formula is C43H47F2NO16S. The van der Waals surface area contributed by atoms with Gasteiger partial charge in [0.2, 0.25) is 5.91 Å². The van der Waals surface area contributed by atoms with Crippen LogP contribution in [0.5, 0.6) is 11.5 Å². The van der Waals surface area contributed by atoms with E-state index in [1.54, 1.807) is 18.2 Å². The number of ether oxygens (including phenoxy) is 3. The SMILES string of the molecule is O=C1[C@H](CC[C@H](O)c2ccc(F)cc2)[C@@H](c2ccc(-c3ccc(O)cc3)cc2OS(=O)(=O)C[C@@H]2O[C@H](CO)C(O[C@@H]3O[C@H](CO)[C@@H](O)[C@H](O)[C@H]3O)[C@H](O)[C@H]2O)N1c1ccc(F)cc1. The lowest BCUT2D eigenvalue weighted by Gasteiger charge is -2.48. The average Bonchev–Trinajstić information content (AvgIpc) is 3.26. The number of carbonyl (C=O) groups excluding carboxylic acids is 1. The Hall–Kier alpha value is -4.68. The lowest BCUT2D eigenvalue weighted by atomic mass is 9.77. The topological polar surface area (TPSA) is 273 Å². The molecule has 0 aromatic heterocycles. The van der Waals surface area contributed by atoms with E-state index in [9.17, 15) is 68.0 Å². The molecule has 3 aliphatic heterocycles. The molecule has 1 amide bonds. The van der Waals surface area contributed by atoms with Crippen LogP contribution >= 0.6 is 0 Å². The number of carbonyl (C=O) groups is 1. The summed E-state index contributed by atoms with van der Waals surface area (Å²) in [5, 5.41) is 93.8. The Morgan fingerprint density at radius 1 is 0.714 bits per heavy atom. The van der Waals surface area contributed by atoms with E-state index in [2.05, 4.69) is 0 Å². The van der Waals surface area contributed by atoms with Crippen molar-refractivity contribution in [3.8, 4) is 22.6 Å². The number of benzene rings is 4. The summed E-state index contributed by atoms with van der Waals surface area (Å²) in [5.41, 5.74) is 1.75. The molecule has 0 spiro atoms. The van der Waals surface area contributed by atoms with Crippen molar-refractivity contribution in [1.29, 1.82) is 0 Å². The van der Waals surface area contributed by atoms with Gasteiger partial charge in [0.05, 0.1) is 31.3 Å². The van der Waals surface area contributed by atoms with Crippen LogP contribution in [-0.4, -0.2) is 140 Å². The van der Waals surface area contributed by atoms with Crippen LogP contribution in [0.3, 0.4) is 0 Å². The molecule has 3 fully saturated rings. The number of aliphatic hydroxyl groups excluding tert-OH is 8. The summed E-state index contributed by atoms with van der Waals surface area (Å²) < 4.78 is 78.2. The minimum Gasteiger partial charge on any atom is -0.508 e. The molecule has 1 unspecified atom stereocenters. The lowest BCUT2D eigenvalue weighted by molar-refractivity contribution is -0.341. The summed E-state index contributed by atoms with van der Waals surface area (Å²) in [5.74, 6) is -3.87. The number of rotatable bonds is 15. The number of hydrogen-bond acceptors (Lipinski definition) is 16. The molecule has 0 bridgehead atoms. The number of phenolic OH excluding ortho intramolecular Hbond substituents is 1. The molecule has 340 valence electrons. The average molecular weight is 904 g/mol. The number of aromatic hydroxyl groups is 1. The summed E-state index contributed by atoms with van der Waals surface area (Å²) in [6, 6.07) is 19.7. The van der Waals surface area contributed by atoms with Crippen LogP contribution in [0.1, 0.15) is 36.1 Å². The van der Waals surface area contributed by atoms with Gasteiger partial charge in [-0.05, 0) is 84.1 Å². The molecule has 20 heteroatoms. The fraction of sp³-hybridized carbons (Fsp3) is 0.419. The van der Waals surface area contributed by atoms with Gasteiger partial charge in [-0.1, -0.05) is 36.4 Å². The second-order valence-electron chi connectivity index (χ2n) is 15.7. The molecule has 0 saturated carbocycles. The van der Waals surface area contributed by atoms with Crippen molar-refractivity contribution in [3.63, 3.8) is 0 Å². The van der Waals surface area contributed by atoms with Crippen molar-refractivity contribution < 1.29 is 86.3 Å². The maximum atomic E-state index is 14.1. The molecule has 3 heterocycles. The normalized spacial score (nSPS) is 30.4. The highest BCUT2D eigenvalue weighted by Gasteiger charge is 2.52. The first-order chi connectivity index (χ1) is 30.0. The maximum Gasteiger partial charge on any atom is 0.311 e. The smallest absolute Gasteiger partial charge is 0.311 e. The van der Waals surface area contributed by atoms with Crippen LogP contribution < -0.4 is 9.08 Å². The first-order valence-electron chi connectivity index (χ1n) is 20.0. The van der Waals surface area contributed by atoms with Crippen molar-refractivity contribution in [2.75, 3.05) is 23.9 Å². The van der Waals surface area contributed by atoms with Gasteiger partial charge in [0.15, 0.2) is 6.29 Å². The number of anilines is 1. The zero-order valence-electron chi connectivity index (χ0n) is 33.2. The molecule has 3 saturated heterocycles. The summed E-state index contributed by atoms with van der Waals surface area (Å²) in [6.07, 6.45) is -18.8. The van der Waals surface area contributed by atoms with Gasteiger partial charge in [0.25, 0.3) is 0 Å². The first kappa shape index (κ1) is 46.3. The maximum absolute atomic E-state index is 14.1. The van der Waals surface area contributed by atoms with Crippen LogP contribution in [0.15, 0.2) is 91.0 Å². The molecule has 7 rings (SSSR count). The van der Waals surface area contributed by atoms with Crippen molar-refractivity contribution >= 4 is 21.7 Å². The number of amides is 1. The fourth-order valence-electron chi connectivity index (χ4n) is 8.12. The van der Waals surface area contributed by atoms with Crippen molar-refractivity contribution in [3.05, 3.63) is 114 Å². The van der Waals surface area contributed by atoms with Crippen molar-refractivity contribution in [2.24, 2.45) is 5.92 Å². The second-order valence-corrected chi connectivity index (χ2v) is 17.3. The standard InChI is InChI=1S/C43H47F2NO16S/c44-24-6-1-22(2-7-24)30(50)16-15-29-35(46(42(29)56)26-10-8-25(45)9-11-26)28-14-5-23(21-3-12-27(49)13-4-21)17-31(28)62-63(57,58)20-34-37(52)39(54)41(33(19-48)59-34)61-43-40(55)38(53)36(51)32(18-47)60-43/h1-14,17,29-30,32-41,43,47-55H,15-16,18-20H2/t29-,30+,32-,33-,34+,35-,36-,37+,38+,39-,40-,41?,43+/m1/s1. The predicted molar refractivity (Wildman–Crippen MR) is 215 cm³/mol. The minimum atomic E-state index is -4.87. The Morgan fingerprint density at radius 3 is 1.95 bits per heavy atom. The van der Waals surface area contributed by atoms with E-state index in [4.69, 9.17) is 18.4 Å². The zero-order valence-corrected chi connectivity index (χ0v) is 34.0. The number of hydrogen-bond donors (Lipinski definition) is 9. The van der Waals surface area contributed by atoms with Gasteiger partial charge in [-0.2, -0.15) is 8.42 Å². The summed E-state index contributed by atoms with van der Waals surface area (Å²) in [4.78, 5) is 15.3. The molecule has 3 aliphatic rings. The second kappa shape index (κ2) is 19.2. The predicted octanol–water partition coefficient (Wildman–Crippen LogP) is 0.930. The third kappa shape index (κ3) is 9.87. The highest BCUT2D eigenvalue weighted by molar-refractivity contribution is 7.87. The zero-order chi connectivity index (χ0) is 45.3. The van der Waals surface area contributed by atoms with Gasteiger partial charge in [-0.15, -0.1) is 0 Å².